The first kappa shape index (κ1) is 14.0. The molecule has 0 saturated carbocycles. The molecule has 0 atom stereocenters. The van der Waals surface area contributed by atoms with Gasteiger partial charge in [-0.05, 0) is 26.0 Å². The number of carbonyl (C=O) groups is 1. The summed E-state index contributed by atoms with van der Waals surface area (Å²) in [5.74, 6) is -0.439. The number of rotatable bonds is 4. The fourth-order valence-corrected chi connectivity index (χ4v) is 1.88. The van der Waals surface area contributed by atoms with Crippen molar-refractivity contribution in [1.82, 2.24) is 9.97 Å². The Labute approximate surface area is 115 Å². The number of aromatic nitrogens is 2. The van der Waals surface area contributed by atoms with Gasteiger partial charge in [-0.25, -0.2) is 14.2 Å². The summed E-state index contributed by atoms with van der Waals surface area (Å²) in [4.78, 5) is 18.7. The molecule has 6 heteroatoms. The number of esters is 1. The molecule has 20 heavy (non-hydrogen) atoms. The van der Waals surface area contributed by atoms with Crippen LogP contribution in [0.4, 0.5) is 4.39 Å². The number of carbonyl (C=O) groups excluding carboxylic acids is 1. The van der Waals surface area contributed by atoms with Gasteiger partial charge in [-0.2, -0.15) is 0 Å². The van der Waals surface area contributed by atoms with Gasteiger partial charge in [-0.3, -0.25) is 0 Å². The van der Waals surface area contributed by atoms with Crippen molar-refractivity contribution < 1.29 is 18.7 Å². The smallest absolute Gasteiger partial charge is 0.358 e. The van der Waals surface area contributed by atoms with Gasteiger partial charge >= 0.3 is 5.97 Å². The summed E-state index contributed by atoms with van der Waals surface area (Å²) in [6, 6.07) is 4.47. The van der Waals surface area contributed by atoms with Crippen LogP contribution in [-0.2, 0) is 4.74 Å². The first-order valence-corrected chi connectivity index (χ1v) is 6.15. The Morgan fingerprint density at radius 2 is 2.20 bits per heavy atom. The zero-order valence-electron chi connectivity index (χ0n) is 11.5. The monoisotopic (exact) mass is 278 g/mol. The quantitative estimate of drug-likeness (QED) is 0.873. The second-order valence-electron chi connectivity index (χ2n) is 4.10. The van der Waals surface area contributed by atoms with Crippen LogP contribution < -0.4 is 4.74 Å². The second-order valence-corrected chi connectivity index (χ2v) is 4.10. The Hall–Kier alpha value is -2.37. The topological polar surface area (TPSA) is 64.2 Å². The van der Waals surface area contributed by atoms with Crippen molar-refractivity contribution in [3.63, 3.8) is 0 Å². The van der Waals surface area contributed by atoms with Crippen LogP contribution in [-0.4, -0.2) is 29.7 Å². The van der Waals surface area contributed by atoms with Crippen molar-refractivity contribution in [1.29, 1.82) is 0 Å². The summed E-state index contributed by atoms with van der Waals surface area (Å²) in [5, 5.41) is 0. The Morgan fingerprint density at radius 1 is 1.45 bits per heavy atom. The molecule has 0 fully saturated rings. The summed E-state index contributed by atoms with van der Waals surface area (Å²) in [5.41, 5.74) is 0.851. The highest BCUT2D eigenvalue weighted by molar-refractivity contribution is 5.89. The van der Waals surface area contributed by atoms with Gasteiger partial charge in [0.2, 0.25) is 0 Å². The summed E-state index contributed by atoms with van der Waals surface area (Å²) in [6.45, 7) is 3.64. The van der Waals surface area contributed by atoms with Crippen LogP contribution in [0.2, 0.25) is 0 Å². The number of hydrogen-bond donors (Lipinski definition) is 1. The number of methoxy groups -OCH3 is 1. The van der Waals surface area contributed by atoms with E-state index < -0.39 is 11.8 Å². The fraction of sp³-hybridized carbons (Fsp3) is 0.286. The van der Waals surface area contributed by atoms with Crippen LogP contribution in [0.3, 0.4) is 0 Å². The molecule has 2 aromatic rings. The molecule has 0 saturated heterocycles. The number of ether oxygens (including phenoxy) is 2. The van der Waals surface area contributed by atoms with Crippen molar-refractivity contribution in [2.75, 3.05) is 13.7 Å². The van der Waals surface area contributed by atoms with E-state index in [1.807, 2.05) is 0 Å². The lowest BCUT2D eigenvalue weighted by Gasteiger charge is -2.06. The van der Waals surface area contributed by atoms with E-state index in [0.29, 0.717) is 11.4 Å². The van der Waals surface area contributed by atoms with Crippen LogP contribution in [0.1, 0.15) is 23.1 Å². The Morgan fingerprint density at radius 3 is 2.85 bits per heavy atom. The lowest BCUT2D eigenvalue weighted by Crippen LogP contribution is -2.06. The molecule has 1 heterocycles. The van der Waals surface area contributed by atoms with Crippen LogP contribution >= 0.6 is 0 Å². The highest BCUT2D eigenvalue weighted by Crippen LogP contribution is 2.31. The maximum absolute atomic E-state index is 14.0. The minimum Gasteiger partial charge on any atom is -0.496 e. The number of aryl methyl sites for hydroxylation is 1. The predicted molar refractivity (Wildman–Crippen MR) is 71.2 cm³/mol. The number of nitrogens with one attached hydrogen (secondary N) is 1. The summed E-state index contributed by atoms with van der Waals surface area (Å²) in [7, 11) is 1.44. The molecule has 0 unspecified atom stereocenters. The van der Waals surface area contributed by atoms with Crippen LogP contribution in [0.25, 0.3) is 11.4 Å². The van der Waals surface area contributed by atoms with Crippen molar-refractivity contribution >= 4 is 5.97 Å². The van der Waals surface area contributed by atoms with Gasteiger partial charge in [0.1, 0.15) is 17.4 Å². The molecule has 5 nitrogen and oxygen atoms in total. The molecular weight excluding hydrogens is 263 g/mol. The van der Waals surface area contributed by atoms with E-state index in [0.717, 1.165) is 0 Å². The lowest BCUT2D eigenvalue weighted by molar-refractivity contribution is 0.0519. The van der Waals surface area contributed by atoms with Gasteiger partial charge in [0.15, 0.2) is 5.69 Å². The molecule has 1 aromatic heterocycles. The molecule has 1 aromatic carbocycles. The zero-order chi connectivity index (χ0) is 14.7. The third kappa shape index (κ3) is 2.49. The van der Waals surface area contributed by atoms with E-state index >= 15 is 0 Å². The minimum atomic E-state index is -0.539. The SMILES string of the molecule is CCOC(=O)c1nc(-c2c(F)cccc2OC)[nH]c1C. The van der Waals surface area contributed by atoms with Gasteiger partial charge in [0.05, 0.1) is 19.3 Å². The maximum atomic E-state index is 14.0. The predicted octanol–water partition coefficient (Wildman–Crippen LogP) is 2.71. The van der Waals surface area contributed by atoms with Crippen LogP contribution in [0.15, 0.2) is 18.2 Å². The molecular formula is C14H15FN2O3. The number of hydrogen-bond acceptors (Lipinski definition) is 4. The van der Waals surface area contributed by atoms with E-state index in [4.69, 9.17) is 9.47 Å². The molecule has 0 aliphatic heterocycles. The van der Waals surface area contributed by atoms with Gasteiger partial charge in [0.25, 0.3) is 0 Å². The van der Waals surface area contributed by atoms with Gasteiger partial charge in [0, 0.05) is 5.69 Å². The van der Waals surface area contributed by atoms with Gasteiger partial charge in [-0.15, -0.1) is 0 Å². The lowest BCUT2D eigenvalue weighted by atomic mass is 10.2. The van der Waals surface area contributed by atoms with Crippen molar-refractivity contribution in [3.8, 4) is 17.1 Å². The van der Waals surface area contributed by atoms with E-state index in [2.05, 4.69) is 9.97 Å². The van der Waals surface area contributed by atoms with Crippen molar-refractivity contribution in [2.24, 2.45) is 0 Å². The van der Waals surface area contributed by atoms with Gasteiger partial charge < -0.3 is 14.5 Å². The molecule has 0 radical (unpaired) electrons. The van der Waals surface area contributed by atoms with E-state index in [-0.39, 0.29) is 23.7 Å². The van der Waals surface area contributed by atoms with Crippen LogP contribution in [0.5, 0.6) is 5.75 Å². The fourth-order valence-electron chi connectivity index (χ4n) is 1.88. The first-order valence-electron chi connectivity index (χ1n) is 6.15. The number of H-pyrrole nitrogens is 1. The number of aromatic amines is 1. The Kier molecular flexibility index (Phi) is 4.02. The third-order valence-corrected chi connectivity index (χ3v) is 2.79. The molecule has 0 amide bonds. The molecule has 0 spiro atoms. The molecule has 106 valence electrons. The van der Waals surface area contributed by atoms with E-state index in [1.165, 1.54) is 13.2 Å². The maximum Gasteiger partial charge on any atom is 0.358 e. The van der Waals surface area contributed by atoms with Crippen LogP contribution in [0, 0.1) is 12.7 Å². The zero-order valence-corrected chi connectivity index (χ0v) is 11.5. The summed E-state index contributed by atoms with van der Waals surface area (Å²) >= 11 is 0. The highest BCUT2D eigenvalue weighted by atomic mass is 19.1. The minimum absolute atomic E-state index is 0.146. The molecule has 2 rings (SSSR count). The first-order chi connectivity index (χ1) is 9.58. The number of nitrogens with zero attached hydrogens (tertiary/aromatic N) is 1. The largest absolute Gasteiger partial charge is 0.496 e. The van der Waals surface area contributed by atoms with E-state index in [9.17, 15) is 9.18 Å². The van der Waals surface area contributed by atoms with Crippen molar-refractivity contribution in [3.05, 3.63) is 35.4 Å². The average Bonchev–Trinajstić information content (AvgIpc) is 2.80. The molecule has 1 N–H and O–H groups in total. The Bertz CT molecular complexity index is 637. The molecule has 0 aliphatic carbocycles. The number of benzene rings is 1. The van der Waals surface area contributed by atoms with Gasteiger partial charge in [-0.1, -0.05) is 6.07 Å². The standard InChI is InChI=1S/C14H15FN2O3/c1-4-20-14(18)12-8(2)16-13(17-12)11-9(15)6-5-7-10(11)19-3/h5-7H,4H2,1-3H3,(H,16,17). The number of halogens is 1. The summed E-state index contributed by atoms with van der Waals surface area (Å²) in [6.07, 6.45) is 0. The average molecular weight is 278 g/mol. The second kappa shape index (κ2) is 5.73. The third-order valence-electron chi connectivity index (χ3n) is 2.79. The normalized spacial score (nSPS) is 10.4. The summed E-state index contributed by atoms with van der Waals surface area (Å²) < 4.78 is 24.0. The molecule has 0 aliphatic rings. The molecule has 0 bridgehead atoms. The highest BCUT2D eigenvalue weighted by Gasteiger charge is 2.20. The van der Waals surface area contributed by atoms with E-state index in [1.54, 1.807) is 26.0 Å². The number of imidazole rings is 1. The Balaban J connectivity index is 2.50. The van der Waals surface area contributed by atoms with Crippen molar-refractivity contribution in [2.45, 2.75) is 13.8 Å².